The van der Waals surface area contributed by atoms with Crippen molar-refractivity contribution in [3.63, 3.8) is 0 Å². The normalized spacial score (nSPS) is 18.4. The molecule has 1 aliphatic rings. The Morgan fingerprint density at radius 2 is 2.20 bits per heavy atom. The Kier molecular flexibility index (Phi) is 7.25. The SMILES string of the molecule is CN=C(NCCC(=O)OC(C)C)N1CCOC(c2ccccc2C)C1. The van der Waals surface area contributed by atoms with Gasteiger partial charge in [-0.15, -0.1) is 0 Å². The molecule has 0 radical (unpaired) electrons. The topological polar surface area (TPSA) is 63.2 Å². The van der Waals surface area contributed by atoms with Crippen LogP contribution in [-0.2, 0) is 14.3 Å². The first kappa shape index (κ1) is 19.2. The average Bonchev–Trinajstić information content (AvgIpc) is 2.58. The maximum Gasteiger partial charge on any atom is 0.307 e. The highest BCUT2D eigenvalue weighted by Crippen LogP contribution is 2.24. The molecule has 2 rings (SSSR count). The number of hydrogen-bond acceptors (Lipinski definition) is 4. The molecule has 1 heterocycles. The highest BCUT2D eigenvalue weighted by atomic mass is 16.5. The second-order valence-corrected chi connectivity index (χ2v) is 6.42. The molecule has 1 saturated heterocycles. The molecule has 0 amide bonds. The molecule has 0 aliphatic carbocycles. The number of morpholine rings is 1. The van der Waals surface area contributed by atoms with Gasteiger partial charge in [0.15, 0.2) is 5.96 Å². The molecule has 1 aromatic carbocycles. The second-order valence-electron chi connectivity index (χ2n) is 6.42. The number of aryl methyl sites for hydroxylation is 1. The van der Waals surface area contributed by atoms with Crippen LogP contribution >= 0.6 is 0 Å². The number of guanidine groups is 1. The van der Waals surface area contributed by atoms with Gasteiger partial charge in [0.2, 0.25) is 0 Å². The summed E-state index contributed by atoms with van der Waals surface area (Å²) in [6.45, 7) is 8.47. The van der Waals surface area contributed by atoms with Crippen LogP contribution in [0.5, 0.6) is 0 Å². The molecule has 0 saturated carbocycles. The summed E-state index contributed by atoms with van der Waals surface area (Å²) in [5.74, 6) is 0.594. The number of ether oxygens (including phenoxy) is 2. The van der Waals surface area contributed by atoms with Crippen molar-refractivity contribution in [2.75, 3.05) is 33.3 Å². The zero-order valence-corrected chi connectivity index (χ0v) is 15.6. The largest absolute Gasteiger partial charge is 0.463 e. The third-order valence-corrected chi connectivity index (χ3v) is 4.09. The van der Waals surface area contributed by atoms with Crippen LogP contribution in [0.4, 0.5) is 0 Å². The van der Waals surface area contributed by atoms with E-state index in [1.807, 2.05) is 26.0 Å². The van der Waals surface area contributed by atoms with Crippen LogP contribution in [0.1, 0.15) is 37.5 Å². The van der Waals surface area contributed by atoms with Crippen molar-refractivity contribution in [3.8, 4) is 0 Å². The van der Waals surface area contributed by atoms with Crippen LogP contribution < -0.4 is 5.32 Å². The number of esters is 1. The van der Waals surface area contributed by atoms with Gasteiger partial charge < -0.3 is 19.7 Å². The minimum Gasteiger partial charge on any atom is -0.463 e. The van der Waals surface area contributed by atoms with E-state index in [4.69, 9.17) is 9.47 Å². The zero-order valence-electron chi connectivity index (χ0n) is 15.6. The maximum atomic E-state index is 11.6. The predicted octanol–water partition coefficient (Wildman–Crippen LogP) is 2.29. The lowest BCUT2D eigenvalue weighted by Gasteiger charge is -2.35. The molecule has 1 aromatic rings. The Balaban J connectivity index is 1.90. The van der Waals surface area contributed by atoms with Crippen LogP contribution in [0.15, 0.2) is 29.3 Å². The number of benzene rings is 1. The third kappa shape index (κ3) is 5.74. The Bertz CT molecular complexity index is 601. The van der Waals surface area contributed by atoms with Gasteiger partial charge in [0.1, 0.15) is 6.10 Å². The van der Waals surface area contributed by atoms with Crippen LogP contribution in [0.25, 0.3) is 0 Å². The molecule has 1 aliphatic heterocycles. The van der Waals surface area contributed by atoms with E-state index >= 15 is 0 Å². The number of nitrogens with one attached hydrogen (secondary N) is 1. The Morgan fingerprint density at radius 3 is 2.88 bits per heavy atom. The first-order valence-corrected chi connectivity index (χ1v) is 8.83. The summed E-state index contributed by atoms with van der Waals surface area (Å²) in [6, 6.07) is 8.29. The molecule has 1 unspecified atom stereocenters. The number of aliphatic imine (C=N–C) groups is 1. The van der Waals surface area contributed by atoms with Crippen molar-refractivity contribution >= 4 is 11.9 Å². The quantitative estimate of drug-likeness (QED) is 0.503. The van der Waals surface area contributed by atoms with Gasteiger partial charge in [0, 0.05) is 20.1 Å². The van der Waals surface area contributed by atoms with E-state index in [9.17, 15) is 4.79 Å². The minimum atomic E-state index is -0.197. The molecule has 0 aromatic heterocycles. The van der Waals surface area contributed by atoms with Gasteiger partial charge >= 0.3 is 5.97 Å². The molecule has 138 valence electrons. The fourth-order valence-electron chi connectivity index (χ4n) is 2.91. The summed E-state index contributed by atoms with van der Waals surface area (Å²) >= 11 is 0. The molecule has 1 N–H and O–H groups in total. The van der Waals surface area contributed by atoms with Crippen LogP contribution in [0, 0.1) is 6.92 Å². The Morgan fingerprint density at radius 1 is 1.44 bits per heavy atom. The van der Waals surface area contributed by atoms with Crippen molar-refractivity contribution in [3.05, 3.63) is 35.4 Å². The molecule has 1 fully saturated rings. The standard InChI is InChI=1S/C19H29N3O3/c1-14(2)25-18(23)9-10-21-19(20-4)22-11-12-24-17(13-22)16-8-6-5-7-15(16)3/h5-8,14,17H,9-13H2,1-4H3,(H,20,21). The zero-order chi connectivity index (χ0) is 18.2. The Hall–Kier alpha value is -2.08. The number of hydrogen-bond donors (Lipinski definition) is 1. The number of carbonyl (C=O) groups excluding carboxylic acids is 1. The smallest absolute Gasteiger partial charge is 0.307 e. The van der Waals surface area contributed by atoms with E-state index in [1.54, 1.807) is 7.05 Å². The second kappa shape index (κ2) is 9.42. The van der Waals surface area contributed by atoms with E-state index in [-0.39, 0.29) is 18.2 Å². The number of carbonyl (C=O) groups is 1. The molecule has 1 atom stereocenters. The predicted molar refractivity (Wildman–Crippen MR) is 98.7 cm³/mol. The molecular weight excluding hydrogens is 318 g/mol. The van der Waals surface area contributed by atoms with E-state index < -0.39 is 0 Å². The summed E-state index contributed by atoms with van der Waals surface area (Å²) in [4.78, 5) is 18.2. The molecule has 0 bridgehead atoms. The van der Waals surface area contributed by atoms with Gasteiger partial charge in [0.25, 0.3) is 0 Å². The third-order valence-electron chi connectivity index (χ3n) is 4.09. The lowest BCUT2D eigenvalue weighted by atomic mass is 10.0. The van der Waals surface area contributed by atoms with Gasteiger partial charge in [-0.2, -0.15) is 0 Å². The van der Waals surface area contributed by atoms with Gasteiger partial charge in [-0.25, -0.2) is 0 Å². The Labute approximate surface area is 150 Å². The summed E-state index contributed by atoms with van der Waals surface area (Å²) in [5.41, 5.74) is 2.44. The van der Waals surface area contributed by atoms with E-state index in [0.717, 1.165) is 19.0 Å². The monoisotopic (exact) mass is 347 g/mol. The van der Waals surface area contributed by atoms with E-state index in [1.165, 1.54) is 11.1 Å². The van der Waals surface area contributed by atoms with Crippen LogP contribution in [0.3, 0.4) is 0 Å². The lowest BCUT2D eigenvalue weighted by Crippen LogP contribution is -2.48. The molecule has 25 heavy (non-hydrogen) atoms. The molecular formula is C19H29N3O3. The first-order valence-electron chi connectivity index (χ1n) is 8.83. The first-order chi connectivity index (χ1) is 12.0. The summed E-state index contributed by atoms with van der Waals surface area (Å²) in [7, 11) is 1.76. The summed E-state index contributed by atoms with van der Waals surface area (Å²) in [6.07, 6.45) is 0.267. The van der Waals surface area contributed by atoms with E-state index in [2.05, 4.69) is 34.3 Å². The van der Waals surface area contributed by atoms with Crippen molar-refractivity contribution in [2.24, 2.45) is 4.99 Å². The summed E-state index contributed by atoms with van der Waals surface area (Å²) < 4.78 is 11.1. The molecule has 6 heteroatoms. The highest BCUT2D eigenvalue weighted by molar-refractivity contribution is 5.80. The van der Waals surface area contributed by atoms with Crippen LogP contribution in [0.2, 0.25) is 0 Å². The number of nitrogens with zero attached hydrogens (tertiary/aromatic N) is 2. The summed E-state index contributed by atoms with van der Waals surface area (Å²) in [5, 5.41) is 3.25. The minimum absolute atomic E-state index is 0.0272. The maximum absolute atomic E-state index is 11.6. The van der Waals surface area contributed by atoms with Crippen molar-refractivity contribution in [1.82, 2.24) is 10.2 Å². The number of rotatable bonds is 5. The van der Waals surface area contributed by atoms with Gasteiger partial charge in [0.05, 0.1) is 25.7 Å². The van der Waals surface area contributed by atoms with Gasteiger partial charge in [-0.3, -0.25) is 9.79 Å². The lowest BCUT2D eigenvalue weighted by molar-refractivity contribution is -0.147. The van der Waals surface area contributed by atoms with E-state index in [0.29, 0.717) is 19.6 Å². The van der Waals surface area contributed by atoms with Crippen molar-refractivity contribution < 1.29 is 14.3 Å². The van der Waals surface area contributed by atoms with Gasteiger partial charge in [-0.05, 0) is 31.9 Å². The van der Waals surface area contributed by atoms with Crippen LogP contribution in [-0.4, -0.2) is 56.2 Å². The van der Waals surface area contributed by atoms with Gasteiger partial charge in [-0.1, -0.05) is 24.3 Å². The molecule has 0 spiro atoms. The van der Waals surface area contributed by atoms with Crippen molar-refractivity contribution in [2.45, 2.75) is 39.4 Å². The van der Waals surface area contributed by atoms with Crippen molar-refractivity contribution in [1.29, 1.82) is 0 Å². The fourth-order valence-corrected chi connectivity index (χ4v) is 2.91. The highest BCUT2D eigenvalue weighted by Gasteiger charge is 2.25. The molecule has 6 nitrogen and oxygen atoms in total. The average molecular weight is 347 g/mol. The fraction of sp³-hybridized carbons (Fsp3) is 0.579.